The molecule has 0 unspecified atom stereocenters. The van der Waals surface area contributed by atoms with Gasteiger partial charge in [0.1, 0.15) is 0 Å². The van der Waals surface area contributed by atoms with E-state index >= 15 is 0 Å². The van der Waals surface area contributed by atoms with Gasteiger partial charge >= 0.3 is 121 Å². The van der Waals surface area contributed by atoms with E-state index in [1.807, 2.05) is 24.3 Å². The first kappa shape index (κ1) is 14.3. The SMILES string of the molecule is CC(=O)OI(OC(C)=O)c1ccccc1C1(C)CC1. The Morgan fingerprint density at radius 1 is 1.11 bits per heavy atom. The summed E-state index contributed by atoms with van der Waals surface area (Å²) in [4.78, 5) is 22.4. The van der Waals surface area contributed by atoms with Gasteiger partial charge in [-0.1, -0.05) is 0 Å². The first-order valence-corrected chi connectivity index (χ1v) is 8.94. The second kappa shape index (κ2) is 5.48. The zero-order valence-electron chi connectivity index (χ0n) is 11.2. The number of benzene rings is 1. The molecule has 0 amide bonds. The van der Waals surface area contributed by atoms with Crippen molar-refractivity contribution in [3.8, 4) is 0 Å². The molecule has 1 aliphatic rings. The van der Waals surface area contributed by atoms with E-state index in [0.717, 1.165) is 22.0 Å². The fourth-order valence-electron chi connectivity index (χ4n) is 1.84. The summed E-state index contributed by atoms with van der Waals surface area (Å²) in [7, 11) is 0. The van der Waals surface area contributed by atoms with Gasteiger partial charge in [0, 0.05) is 0 Å². The fourth-order valence-corrected chi connectivity index (χ4v) is 5.34. The monoisotopic (exact) mass is 376 g/mol. The van der Waals surface area contributed by atoms with Gasteiger partial charge in [-0.05, 0) is 0 Å². The third-order valence-electron chi connectivity index (χ3n) is 3.05. The van der Waals surface area contributed by atoms with Crippen LogP contribution in [0.2, 0.25) is 0 Å². The maximum absolute atomic E-state index is 11.2. The summed E-state index contributed by atoms with van der Waals surface area (Å²) in [5, 5.41) is 0. The predicted octanol–water partition coefficient (Wildman–Crippen LogP) is 3.37. The summed E-state index contributed by atoms with van der Waals surface area (Å²) in [6, 6.07) is 7.82. The Hall–Kier alpha value is -1.11. The first-order chi connectivity index (χ1) is 8.92. The summed E-state index contributed by atoms with van der Waals surface area (Å²) >= 11 is -2.70. The van der Waals surface area contributed by atoms with Crippen LogP contribution in [0.1, 0.15) is 39.2 Å². The number of hydrogen-bond acceptors (Lipinski definition) is 4. The van der Waals surface area contributed by atoms with E-state index in [-0.39, 0.29) is 5.41 Å². The molecule has 0 aliphatic heterocycles. The van der Waals surface area contributed by atoms with Crippen LogP contribution in [0, 0.1) is 3.57 Å². The van der Waals surface area contributed by atoms with Gasteiger partial charge in [-0.2, -0.15) is 0 Å². The number of halogens is 1. The normalized spacial score (nSPS) is 16.5. The third-order valence-corrected chi connectivity index (χ3v) is 6.98. The van der Waals surface area contributed by atoms with Crippen molar-refractivity contribution in [1.29, 1.82) is 0 Å². The third kappa shape index (κ3) is 3.46. The van der Waals surface area contributed by atoms with Gasteiger partial charge in [0.25, 0.3) is 0 Å². The Labute approximate surface area is 121 Å². The molecule has 5 heteroatoms. The van der Waals surface area contributed by atoms with Crippen molar-refractivity contribution < 1.29 is 15.7 Å². The van der Waals surface area contributed by atoms with Gasteiger partial charge in [-0.3, -0.25) is 0 Å². The molecule has 0 saturated heterocycles. The van der Waals surface area contributed by atoms with Crippen LogP contribution in [0.5, 0.6) is 0 Å². The second-order valence-corrected chi connectivity index (χ2v) is 8.18. The molecule has 0 radical (unpaired) electrons. The van der Waals surface area contributed by atoms with Gasteiger partial charge in [0.05, 0.1) is 0 Å². The van der Waals surface area contributed by atoms with Gasteiger partial charge in [-0.15, -0.1) is 0 Å². The topological polar surface area (TPSA) is 52.6 Å². The van der Waals surface area contributed by atoms with Crippen LogP contribution >= 0.6 is 20.6 Å². The van der Waals surface area contributed by atoms with Gasteiger partial charge < -0.3 is 0 Å². The van der Waals surface area contributed by atoms with Crippen molar-refractivity contribution >= 4 is 32.6 Å². The molecule has 1 fully saturated rings. The Morgan fingerprint density at radius 2 is 1.63 bits per heavy atom. The van der Waals surface area contributed by atoms with Crippen LogP contribution in [0.3, 0.4) is 0 Å². The molecule has 0 aromatic heterocycles. The molecule has 0 heterocycles. The molecule has 0 atom stereocenters. The Bertz CT molecular complexity index is 492. The average Bonchev–Trinajstić information content (AvgIpc) is 3.07. The van der Waals surface area contributed by atoms with Crippen LogP contribution < -0.4 is 0 Å². The van der Waals surface area contributed by atoms with Crippen LogP contribution in [0.15, 0.2) is 24.3 Å². The standard InChI is InChI=1S/C14H17IO4/c1-10(16)18-15(19-11(2)17)13-7-5-4-6-12(13)14(3)8-9-14/h4-7H,8-9H2,1-3H3. The summed E-state index contributed by atoms with van der Waals surface area (Å²) in [5.41, 5.74) is 1.30. The van der Waals surface area contributed by atoms with Gasteiger partial charge in [0.15, 0.2) is 0 Å². The van der Waals surface area contributed by atoms with Crippen molar-refractivity contribution in [1.82, 2.24) is 0 Å². The Kier molecular flexibility index (Phi) is 4.13. The fraction of sp³-hybridized carbons (Fsp3) is 0.429. The summed E-state index contributed by atoms with van der Waals surface area (Å²) in [6.45, 7) is 4.87. The predicted molar refractivity (Wildman–Crippen MR) is 79.3 cm³/mol. The van der Waals surface area contributed by atoms with Gasteiger partial charge in [-0.25, -0.2) is 0 Å². The molecular formula is C14H17IO4. The number of rotatable bonds is 4. The number of carbonyl (C=O) groups is 2. The zero-order chi connectivity index (χ0) is 14.0. The minimum absolute atomic E-state index is 0.145. The van der Waals surface area contributed by atoms with Crippen molar-refractivity contribution in [2.24, 2.45) is 0 Å². The van der Waals surface area contributed by atoms with E-state index in [2.05, 4.69) is 6.92 Å². The quantitative estimate of drug-likeness (QED) is 0.757. The van der Waals surface area contributed by atoms with Crippen molar-refractivity contribution in [2.75, 3.05) is 0 Å². The maximum atomic E-state index is 11.2. The Balaban J connectivity index is 2.35. The molecular weight excluding hydrogens is 359 g/mol. The molecule has 0 bridgehead atoms. The van der Waals surface area contributed by atoms with E-state index in [9.17, 15) is 9.59 Å². The van der Waals surface area contributed by atoms with Crippen LogP contribution in [0.4, 0.5) is 0 Å². The molecule has 1 aliphatic carbocycles. The van der Waals surface area contributed by atoms with E-state index in [0.29, 0.717) is 0 Å². The number of carbonyl (C=O) groups excluding carboxylic acids is 2. The molecule has 0 spiro atoms. The minimum atomic E-state index is -2.70. The molecule has 2 rings (SSSR count). The van der Waals surface area contributed by atoms with Crippen molar-refractivity contribution in [3.63, 3.8) is 0 Å². The van der Waals surface area contributed by atoms with Crippen molar-refractivity contribution in [3.05, 3.63) is 33.4 Å². The van der Waals surface area contributed by atoms with Crippen LogP contribution in [-0.2, 0) is 21.1 Å². The summed E-state index contributed by atoms with van der Waals surface area (Å²) in [5.74, 6) is -0.801. The Morgan fingerprint density at radius 3 is 2.11 bits per heavy atom. The average molecular weight is 376 g/mol. The summed E-state index contributed by atoms with van der Waals surface area (Å²) in [6.07, 6.45) is 2.24. The van der Waals surface area contributed by atoms with Crippen LogP contribution in [-0.4, -0.2) is 11.9 Å². The van der Waals surface area contributed by atoms with E-state index in [1.54, 1.807) is 0 Å². The van der Waals surface area contributed by atoms with Gasteiger partial charge in [0.2, 0.25) is 0 Å². The van der Waals surface area contributed by atoms with E-state index in [1.165, 1.54) is 13.8 Å². The van der Waals surface area contributed by atoms with E-state index in [4.69, 9.17) is 6.13 Å². The molecule has 104 valence electrons. The second-order valence-electron chi connectivity index (χ2n) is 4.90. The molecule has 1 aromatic carbocycles. The molecule has 0 N–H and O–H groups in total. The van der Waals surface area contributed by atoms with Crippen LogP contribution in [0.25, 0.3) is 0 Å². The molecule has 1 aromatic rings. The molecule has 1 saturated carbocycles. The van der Waals surface area contributed by atoms with Crippen molar-refractivity contribution in [2.45, 2.75) is 39.0 Å². The molecule has 19 heavy (non-hydrogen) atoms. The molecule has 4 nitrogen and oxygen atoms in total. The van der Waals surface area contributed by atoms with E-state index < -0.39 is 32.6 Å². The summed E-state index contributed by atoms with van der Waals surface area (Å²) < 4.78 is 11.5. The first-order valence-electron chi connectivity index (χ1n) is 6.10. The number of hydrogen-bond donors (Lipinski definition) is 0. The zero-order valence-corrected chi connectivity index (χ0v) is 13.4.